The first-order valence-electron chi connectivity index (χ1n) is 4.28. The van der Waals surface area contributed by atoms with Gasteiger partial charge in [0.15, 0.2) is 5.75 Å². The molecule has 1 aromatic rings. The monoisotopic (exact) mass is 227 g/mol. The summed E-state index contributed by atoms with van der Waals surface area (Å²) in [5.74, 6) is -0.114. The van der Waals surface area contributed by atoms with Crippen molar-refractivity contribution in [3.05, 3.63) is 22.2 Å². The number of rotatable bonds is 4. The molecule has 0 aliphatic carbocycles. The van der Waals surface area contributed by atoms with Crippen molar-refractivity contribution in [2.45, 2.75) is 0 Å². The fourth-order valence-electron chi connectivity index (χ4n) is 1.35. The second kappa shape index (κ2) is 4.82. The van der Waals surface area contributed by atoms with Crippen LogP contribution in [-0.2, 0) is 0 Å². The van der Waals surface area contributed by atoms with Gasteiger partial charge >= 0.3 is 12.8 Å². The molecule has 0 unspecified atom stereocenters. The molecule has 0 saturated heterocycles. The molecular weight excluding hydrogens is 217 g/mol. The zero-order valence-electron chi connectivity index (χ0n) is 8.71. The van der Waals surface area contributed by atoms with Gasteiger partial charge in [0.25, 0.3) is 0 Å². The Balaban J connectivity index is 3.49. The molecule has 7 nitrogen and oxygen atoms in total. The molecular formula is C8H10BNO6. The predicted molar refractivity (Wildman–Crippen MR) is 56.0 cm³/mol. The average Bonchev–Trinajstić information content (AvgIpc) is 2.26. The molecule has 0 radical (unpaired) electrons. The van der Waals surface area contributed by atoms with Crippen LogP contribution in [0.25, 0.3) is 0 Å². The smallest absolute Gasteiger partial charge is 0.496 e. The Bertz CT molecular complexity index is 408. The van der Waals surface area contributed by atoms with Crippen LogP contribution in [-0.4, -0.2) is 36.3 Å². The summed E-state index contributed by atoms with van der Waals surface area (Å²) in [5.41, 5.74) is -0.523. The van der Waals surface area contributed by atoms with Crippen LogP contribution in [0.15, 0.2) is 12.1 Å². The van der Waals surface area contributed by atoms with Crippen molar-refractivity contribution in [1.82, 2.24) is 0 Å². The van der Waals surface area contributed by atoms with E-state index in [1.807, 2.05) is 0 Å². The maximum atomic E-state index is 10.7. The highest BCUT2D eigenvalue weighted by Crippen LogP contribution is 2.28. The van der Waals surface area contributed by atoms with Crippen LogP contribution in [0.4, 0.5) is 5.69 Å². The molecule has 1 aromatic carbocycles. The normalized spacial score (nSPS) is 9.75. The summed E-state index contributed by atoms with van der Waals surface area (Å²) in [7, 11) is 0.602. The minimum Gasteiger partial charge on any atom is -0.497 e. The Kier molecular flexibility index (Phi) is 3.70. The molecule has 0 aliphatic heterocycles. The molecule has 0 saturated carbocycles. The highest BCUT2D eigenvalue weighted by atomic mass is 16.6. The van der Waals surface area contributed by atoms with Crippen molar-refractivity contribution >= 4 is 18.3 Å². The summed E-state index contributed by atoms with van der Waals surface area (Å²) in [6.07, 6.45) is 0. The number of methoxy groups -OCH3 is 2. The number of ether oxygens (including phenoxy) is 2. The van der Waals surface area contributed by atoms with E-state index in [9.17, 15) is 10.1 Å². The lowest BCUT2D eigenvalue weighted by atomic mass is 9.78. The Labute approximate surface area is 91.5 Å². The van der Waals surface area contributed by atoms with Gasteiger partial charge in [0.1, 0.15) is 5.75 Å². The maximum Gasteiger partial charge on any atom is 0.496 e. The van der Waals surface area contributed by atoms with Crippen LogP contribution in [0.2, 0.25) is 0 Å². The number of benzene rings is 1. The van der Waals surface area contributed by atoms with Crippen LogP contribution in [0.3, 0.4) is 0 Å². The van der Waals surface area contributed by atoms with Gasteiger partial charge < -0.3 is 19.5 Å². The first-order valence-corrected chi connectivity index (χ1v) is 4.28. The quantitative estimate of drug-likeness (QED) is 0.400. The average molecular weight is 227 g/mol. The number of nitro groups is 1. The summed E-state index contributed by atoms with van der Waals surface area (Å²) in [6, 6.07) is 2.44. The molecule has 0 fully saturated rings. The third kappa shape index (κ3) is 2.07. The van der Waals surface area contributed by atoms with E-state index in [0.717, 1.165) is 0 Å². The standard InChI is InChI=1S/C8H10BNO6/c1-15-6-4-3-5(10(13)14)8(16-2)7(6)9(11)12/h3-4,11-12H,1-2H3. The van der Waals surface area contributed by atoms with E-state index in [1.54, 1.807) is 0 Å². The highest BCUT2D eigenvalue weighted by Gasteiger charge is 2.29. The molecule has 0 aliphatic rings. The fraction of sp³-hybridized carbons (Fsp3) is 0.250. The first-order chi connectivity index (χ1) is 7.52. The van der Waals surface area contributed by atoms with Gasteiger partial charge in [0, 0.05) is 6.07 Å². The van der Waals surface area contributed by atoms with Crippen LogP contribution in [0.5, 0.6) is 11.5 Å². The lowest BCUT2D eigenvalue weighted by Crippen LogP contribution is -2.33. The van der Waals surface area contributed by atoms with E-state index in [0.29, 0.717) is 0 Å². The van der Waals surface area contributed by atoms with E-state index < -0.39 is 12.0 Å². The lowest BCUT2D eigenvalue weighted by molar-refractivity contribution is -0.385. The molecule has 2 N–H and O–H groups in total. The SMILES string of the molecule is COc1ccc([N+](=O)[O-])c(OC)c1B(O)O. The van der Waals surface area contributed by atoms with E-state index in [-0.39, 0.29) is 22.6 Å². The Morgan fingerprint density at radius 2 is 1.94 bits per heavy atom. The molecule has 16 heavy (non-hydrogen) atoms. The molecule has 86 valence electrons. The van der Waals surface area contributed by atoms with Crippen molar-refractivity contribution < 1.29 is 24.4 Å². The number of nitro benzene ring substituents is 1. The number of nitrogens with zero attached hydrogens (tertiary/aromatic N) is 1. The molecule has 8 heteroatoms. The summed E-state index contributed by atoms with van der Waals surface area (Å²) < 4.78 is 9.66. The predicted octanol–water partition coefficient (Wildman–Crippen LogP) is -0.708. The molecule has 0 aromatic heterocycles. The van der Waals surface area contributed by atoms with Crippen LogP contribution in [0, 0.1) is 10.1 Å². The molecule has 0 amide bonds. The number of hydrogen-bond donors (Lipinski definition) is 2. The molecule has 0 heterocycles. The van der Waals surface area contributed by atoms with Gasteiger partial charge in [0.2, 0.25) is 0 Å². The fourth-order valence-corrected chi connectivity index (χ4v) is 1.35. The second-order valence-electron chi connectivity index (χ2n) is 2.86. The van der Waals surface area contributed by atoms with Crippen molar-refractivity contribution in [2.75, 3.05) is 14.2 Å². The summed E-state index contributed by atoms with van der Waals surface area (Å²) >= 11 is 0. The van der Waals surface area contributed by atoms with E-state index in [4.69, 9.17) is 19.5 Å². The van der Waals surface area contributed by atoms with E-state index in [1.165, 1.54) is 26.4 Å². The third-order valence-corrected chi connectivity index (χ3v) is 2.01. The van der Waals surface area contributed by atoms with Gasteiger partial charge in [-0.1, -0.05) is 0 Å². The molecule has 0 spiro atoms. The van der Waals surface area contributed by atoms with Gasteiger partial charge in [-0.2, -0.15) is 0 Å². The summed E-state index contributed by atoms with van der Waals surface area (Å²) in [6.45, 7) is 0. The Hall–Kier alpha value is -1.80. The Morgan fingerprint density at radius 1 is 1.31 bits per heavy atom. The molecule has 0 atom stereocenters. The van der Waals surface area contributed by atoms with Gasteiger partial charge in [-0.3, -0.25) is 10.1 Å². The van der Waals surface area contributed by atoms with Crippen LogP contribution < -0.4 is 14.9 Å². The minimum atomic E-state index is -1.91. The van der Waals surface area contributed by atoms with Crippen molar-refractivity contribution in [3.8, 4) is 11.5 Å². The molecule has 1 rings (SSSR count). The van der Waals surface area contributed by atoms with E-state index in [2.05, 4.69) is 0 Å². The zero-order valence-corrected chi connectivity index (χ0v) is 8.71. The summed E-state index contributed by atoms with van der Waals surface area (Å²) in [5, 5.41) is 28.9. The first kappa shape index (κ1) is 12.3. The van der Waals surface area contributed by atoms with Gasteiger partial charge in [-0.15, -0.1) is 0 Å². The van der Waals surface area contributed by atoms with Gasteiger partial charge in [-0.25, -0.2) is 0 Å². The zero-order chi connectivity index (χ0) is 12.3. The number of hydrogen-bond acceptors (Lipinski definition) is 6. The van der Waals surface area contributed by atoms with Crippen LogP contribution >= 0.6 is 0 Å². The third-order valence-electron chi connectivity index (χ3n) is 2.01. The van der Waals surface area contributed by atoms with Gasteiger partial charge in [0.05, 0.1) is 24.6 Å². The van der Waals surface area contributed by atoms with Gasteiger partial charge in [-0.05, 0) is 6.07 Å². The minimum absolute atomic E-state index is 0.109. The second-order valence-corrected chi connectivity index (χ2v) is 2.86. The van der Waals surface area contributed by atoms with E-state index >= 15 is 0 Å². The highest BCUT2D eigenvalue weighted by molar-refractivity contribution is 6.61. The Morgan fingerprint density at radius 3 is 2.31 bits per heavy atom. The van der Waals surface area contributed by atoms with Crippen molar-refractivity contribution in [3.63, 3.8) is 0 Å². The topological polar surface area (TPSA) is 102 Å². The summed E-state index contributed by atoms with van der Waals surface area (Å²) in [4.78, 5) is 10.0. The largest absolute Gasteiger partial charge is 0.497 e. The molecule has 0 bridgehead atoms. The van der Waals surface area contributed by atoms with Crippen LogP contribution in [0.1, 0.15) is 0 Å². The maximum absolute atomic E-state index is 10.7. The van der Waals surface area contributed by atoms with Crippen molar-refractivity contribution in [1.29, 1.82) is 0 Å². The van der Waals surface area contributed by atoms with Crippen molar-refractivity contribution in [2.24, 2.45) is 0 Å². The lowest BCUT2D eigenvalue weighted by Gasteiger charge is -2.12.